The van der Waals surface area contributed by atoms with Gasteiger partial charge in [-0.05, 0) is 26.1 Å². The number of nitrogens with one attached hydrogen (secondary N) is 1. The van der Waals surface area contributed by atoms with E-state index >= 15 is 0 Å². The van der Waals surface area contributed by atoms with Crippen LogP contribution in [0.5, 0.6) is 0 Å². The molecule has 1 aromatic carbocycles. The summed E-state index contributed by atoms with van der Waals surface area (Å²) in [5, 5.41) is 3.17. The van der Waals surface area contributed by atoms with Gasteiger partial charge in [-0.2, -0.15) is 0 Å². The summed E-state index contributed by atoms with van der Waals surface area (Å²) in [6, 6.07) is 10.2. The van der Waals surface area contributed by atoms with Gasteiger partial charge in [-0.15, -0.1) is 12.4 Å². The van der Waals surface area contributed by atoms with Gasteiger partial charge in [-0.25, -0.2) is 0 Å². The Morgan fingerprint density at radius 3 is 1.58 bits per heavy atom. The van der Waals surface area contributed by atoms with Crippen molar-refractivity contribution in [1.29, 1.82) is 0 Å². The van der Waals surface area contributed by atoms with Crippen molar-refractivity contribution in [2.75, 3.05) is 14.1 Å². The van der Waals surface area contributed by atoms with E-state index < -0.39 is 0 Å². The first-order valence-corrected chi connectivity index (χ1v) is 12.7. The molecule has 0 aliphatic heterocycles. The van der Waals surface area contributed by atoms with Crippen molar-refractivity contribution in [3.8, 4) is 0 Å². The number of rotatable bonds is 19. The van der Waals surface area contributed by atoms with Crippen molar-refractivity contribution in [1.82, 2.24) is 10.2 Å². The van der Waals surface area contributed by atoms with Crippen LogP contribution in [0.25, 0.3) is 0 Å². The number of hydrogen-bond acceptors (Lipinski definition) is 2. The second-order valence-corrected chi connectivity index (χ2v) is 9.04. The van der Waals surface area contributed by atoms with Crippen molar-refractivity contribution >= 4 is 18.3 Å². The summed E-state index contributed by atoms with van der Waals surface area (Å²) in [7, 11) is 4.01. The van der Waals surface area contributed by atoms with Crippen LogP contribution in [0.4, 0.5) is 0 Å². The van der Waals surface area contributed by atoms with Crippen molar-refractivity contribution in [2.24, 2.45) is 0 Å². The number of amides is 1. The summed E-state index contributed by atoms with van der Waals surface area (Å²) in [6.07, 6.45) is 20.8. The smallest absolute Gasteiger partial charge is 0.221 e. The van der Waals surface area contributed by atoms with Crippen LogP contribution >= 0.6 is 12.4 Å². The number of unbranched alkanes of at least 4 members (excludes halogenated alkanes) is 14. The minimum Gasteiger partial charge on any atom is -0.336 e. The lowest BCUT2D eigenvalue weighted by Crippen LogP contribution is -2.37. The Hall–Kier alpha value is -1.06. The van der Waals surface area contributed by atoms with Crippen molar-refractivity contribution in [3.05, 3.63) is 35.9 Å². The zero-order chi connectivity index (χ0) is 21.9. The molecule has 1 aromatic rings. The van der Waals surface area contributed by atoms with Gasteiger partial charge in [0, 0.05) is 6.42 Å². The lowest BCUT2D eigenvalue weighted by molar-refractivity contribution is -0.123. The fraction of sp³-hybridized carbons (Fsp3) is 0.741. The van der Waals surface area contributed by atoms with E-state index in [-0.39, 0.29) is 24.5 Å². The van der Waals surface area contributed by atoms with Crippen LogP contribution in [0.15, 0.2) is 30.3 Å². The topological polar surface area (TPSA) is 32.3 Å². The van der Waals surface area contributed by atoms with E-state index in [4.69, 9.17) is 0 Å². The summed E-state index contributed by atoms with van der Waals surface area (Å²) in [5.74, 6) is 0.159. The van der Waals surface area contributed by atoms with Gasteiger partial charge in [0.2, 0.25) is 5.91 Å². The quantitative estimate of drug-likeness (QED) is 0.170. The number of carbonyl (C=O) groups excluding carboxylic acids is 1. The minimum absolute atomic E-state index is 0. The molecule has 0 bridgehead atoms. The highest BCUT2D eigenvalue weighted by Crippen LogP contribution is 2.16. The van der Waals surface area contributed by atoms with Gasteiger partial charge in [0.1, 0.15) is 6.17 Å². The third-order valence-corrected chi connectivity index (χ3v) is 5.94. The fourth-order valence-electron chi connectivity index (χ4n) is 4.03. The molecule has 180 valence electrons. The first-order valence-electron chi connectivity index (χ1n) is 12.7. The highest BCUT2D eigenvalue weighted by atomic mass is 35.5. The highest BCUT2D eigenvalue weighted by Gasteiger charge is 2.15. The van der Waals surface area contributed by atoms with E-state index in [1.807, 2.05) is 32.3 Å². The first kappa shape index (κ1) is 29.9. The molecule has 0 aliphatic rings. The molecule has 3 nitrogen and oxygen atoms in total. The standard InChI is InChI=1S/C27H48N2O.ClH/c1-4-5-6-7-8-9-10-11-12-13-14-15-16-17-21-24-26(30)28-27(29(2)3)25-22-19-18-20-23-25;/h18-20,22-23,27H,4-17,21,24H2,1-3H3,(H,28,30);1H. The highest BCUT2D eigenvalue weighted by molar-refractivity contribution is 5.85. The van der Waals surface area contributed by atoms with Gasteiger partial charge in [0.15, 0.2) is 0 Å². The lowest BCUT2D eigenvalue weighted by Gasteiger charge is -2.25. The molecule has 0 saturated carbocycles. The molecule has 1 N–H and O–H groups in total. The number of halogens is 1. The van der Waals surface area contributed by atoms with Crippen molar-refractivity contribution < 1.29 is 4.79 Å². The molecule has 1 amide bonds. The molecule has 4 heteroatoms. The maximum Gasteiger partial charge on any atom is 0.221 e. The molecule has 0 saturated heterocycles. The molecule has 0 aromatic heterocycles. The molecule has 0 aliphatic carbocycles. The van der Waals surface area contributed by atoms with Crippen LogP contribution in [-0.2, 0) is 4.79 Å². The van der Waals surface area contributed by atoms with Crippen LogP contribution in [-0.4, -0.2) is 24.9 Å². The second kappa shape index (κ2) is 20.8. The van der Waals surface area contributed by atoms with Gasteiger partial charge >= 0.3 is 0 Å². The molecule has 0 fully saturated rings. The second-order valence-electron chi connectivity index (χ2n) is 9.04. The zero-order valence-electron chi connectivity index (χ0n) is 20.5. The van der Waals surface area contributed by atoms with Gasteiger partial charge in [-0.3, -0.25) is 9.69 Å². The van der Waals surface area contributed by atoms with Crippen LogP contribution in [0, 0.1) is 0 Å². The number of nitrogens with zero attached hydrogens (tertiary/aromatic N) is 1. The van der Waals surface area contributed by atoms with Gasteiger partial charge in [0.05, 0.1) is 0 Å². The summed E-state index contributed by atoms with van der Waals surface area (Å²) in [5.41, 5.74) is 1.13. The van der Waals surface area contributed by atoms with E-state index in [9.17, 15) is 4.79 Å². The van der Waals surface area contributed by atoms with E-state index in [1.54, 1.807) is 0 Å². The summed E-state index contributed by atoms with van der Waals surface area (Å²) in [4.78, 5) is 14.4. The van der Waals surface area contributed by atoms with Gasteiger partial charge in [0.25, 0.3) is 0 Å². The molecular weight excluding hydrogens is 404 g/mol. The third kappa shape index (κ3) is 16.3. The Kier molecular flexibility index (Phi) is 20.1. The Balaban J connectivity index is 0.00000900. The van der Waals surface area contributed by atoms with E-state index in [1.165, 1.54) is 89.9 Å². The van der Waals surface area contributed by atoms with E-state index in [0.717, 1.165) is 12.0 Å². The normalized spacial score (nSPS) is 11.9. The van der Waals surface area contributed by atoms with Crippen LogP contribution in [0.2, 0.25) is 0 Å². The molecule has 0 spiro atoms. The maximum absolute atomic E-state index is 12.3. The molecule has 1 atom stereocenters. The van der Waals surface area contributed by atoms with Crippen molar-refractivity contribution in [3.63, 3.8) is 0 Å². The van der Waals surface area contributed by atoms with Crippen LogP contribution < -0.4 is 5.32 Å². The van der Waals surface area contributed by atoms with Gasteiger partial charge in [-0.1, -0.05) is 127 Å². The summed E-state index contributed by atoms with van der Waals surface area (Å²) < 4.78 is 0. The Bertz CT molecular complexity index is 521. The minimum atomic E-state index is -0.0463. The fourth-order valence-corrected chi connectivity index (χ4v) is 4.03. The average molecular weight is 453 g/mol. The average Bonchev–Trinajstić information content (AvgIpc) is 2.75. The summed E-state index contributed by atoms with van der Waals surface area (Å²) in [6.45, 7) is 2.28. The largest absolute Gasteiger partial charge is 0.336 e. The lowest BCUT2D eigenvalue weighted by atomic mass is 10.0. The Labute approximate surface area is 199 Å². The number of hydrogen-bond donors (Lipinski definition) is 1. The Morgan fingerprint density at radius 2 is 1.16 bits per heavy atom. The summed E-state index contributed by atoms with van der Waals surface area (Å²) >= 11 is 0. The molecule has 0 radical (unpaired) electrons. The van der Waals surface area contributed by atoms with Gasteiger partial charge < -0.3 is 5.32 Å². The van der Waals surface area contributed by atoms with Crippen LogP contribution in [0.1, 0.15) is 121 Å². The SMILES string of the molecule is CCCCCCCCCCCCCCCCCC(=O)NC(c1ccccc1)N(C)C.Cl. The predicted octanol–water partition coefficient (Wildman–Crippen LogP) is 8.05. The first-order chi connectivity index (χ1) is 14.6. The van der Waals surface area contributed by atoms with Crippen molar-refractivity contribution in [2.45, 2.75) is 116 Å². The molecule has 0 heterocycles. The maximum atomic E-state index is 12.3. The third-order valence-electron chi connectivity index (χ3n) is 5.94. The molecular formula is C27H49ClN2O. The van der Waals surface area contributed by atoms with E-state index in [2.05, 4.69) is 29.3 Å². The molecule has 31 heavy (non-hydrogen) atoms. The molecule has 1 unspecified atom stereocenters. The molecule has 1 rings (SSSR count). The Morgan fingerprint density at radius 1 is 0.742 bits per heavy atom. The number of carbonyl (C=O) groups is 1. The monoisotopic (exact) mass is 452 g/mol. The predicted molar refractivity (Wildman–Crippen MR) is 138 cm³/mol. The number of benzene rings is 1. The van der Waals surface area contributed by atoms with Crippen LogP contribution in [0.3, 0.4) is 0 Å². The zero-order valence-corrected chi connectivity index (χ0v) is 21.4. The van der Waals surface area contributed by atoms with E-state index in [0.29, 0.717) is 6.42 Å².